The van der Waals surface area contributed by atoms with Crippen LogP contribution in [0.25, 0.3) is 0 Å². The van der Waals surface area contributed by atoms with Gasteiger partial charge in [-0.25, -0.2) is 0 Å². The molecule has 0 aromatic heterocycles. The van der Waals surface area contributed by atoms with E-state index in [4.69, 9.17) is 4.74 Å². The quantitative estimate of drug-likeness (QED) is 0.318. The Morgan fingerprint density at radius 1 is 0.750 bits per heavy atom. The van der Waals surface area contributed by atoms with E-state index < -0.39 is 0 Å². The van der Waals surface area contributed by atoms with Crippen molar-refractivity contribution in [3.05, 3.63) is 0 Å². The Hall–Kier alpha value is -0.530. The summed E-state index contributed by atoms with van der Waals surface area (Å²) in [7, 11) is 0. The molecule has 0 spiro atoms. The molecule has 0 saturated carbocycles. The SMILES string of the molecule is CC(C)CCCCCCCCCCOC(=O)CC(C)C. The van der Waals surface area contributed by atoms with Crippen molar-refractivity contribution in [2.75, 3.05) is 6.61 Å². The Labute approximate surface area is 126 Å². The second-order valence-electron chi connectivity index (χ2n) is 6.83. The highest BCUT2D eigenvalue weighted by Gasteiger charge is 2.05. The van der Waals surface area contributed by atoms with E-state index in [1.807, 2.05) is 13.8 Å². The van der Waals surface area contributed by atoms with Gasteiger partial charge in [-0.15, -0.1) is 0 Å². The first-order valence-corrected chi connectivity index (χ1v) is 8.68. The van der Waals surface area contributed by atoms with Crippen molar-refractivity contribution in [3.63, 3.8) is 0 Å². The molecule has 120 valence electrons. The number of esters is 1. The molecule has 0 aromatic carbocycles. The Morgan fingerprint density at radius 3 is 1.75 bits per heavy atom. The lowest BCUT2D eigenvalue weighted by Gasteiger charge is -2.06. The van der Waals surface area contributed by atoms with Crippen LogP contribution >= 0.6 is 0 Å². The van der Waals surface area contributed by atoms with Crippen molar-refractivity contribution in [2.45, 2.75) is 91.9 Å². The standard InChI is InChI=1S/C18H36O2/c1-16(2)13-11-9-7-5-6-8-10-12-14-20-18(19)15-17(3)4/h16-17H,5-15H2,1-4H3. The van der Waals surface area contributed by atoms with Crippen molar-refractivity contribution >= 4 is 5.97 Å². The van der Waals surface area contributed by atoms with Crippen molar-refractivity contribution in [3.8, 4) is 0 Å². The van der Waals surface area contributed by atoms with Crippen LogP contribution in [-0.4, -0.2) is 12.6 Å². The molecule has 0 heterocycles. The lowest BCUT2D eigenvalue weighted by molar-refractivity contribution is -0.144. The molecule has 0 bridgehead atoms. The van der Waals surface area contributed by atoms with E-state index in [2.05, 4.69) is 13.8 Å². The first-order chi connectivity index (χ1) is 9.52. The maximum atomic E-state index is 11.3. The Bertz CT molecular complexity index is 221. The normalized spacial score (nSPS) is 11.3. The van der Waals surface area contributed by atoms with Crippen molar-refractivity contribution in [2.24, 2.45) is 11.8 Å². The molecule has 0 aliphatic heterocycles. The fraction of sp³-hybridized carbons (Fsp3) is 0.944. The summed E-state index contributed by atoms with van der Waals surface area (Å²) in [5.74, 6) is 1.22. The molecule has 2 nitrogen and oxygen atoms in total. The van der Waals surface area contributed by atoms with E-state index >= 15 is 0 Å². The number of hydrogen-bond donors (Lipinski definition) is 0. The monoisotopic (exact) mass is 284 g/mol. The molecular formula is C18H36O2. The van der Waals surface area contributed by atoms with Gasteiger partial charge in [-0.1, -0.05) is 79.1 Å². The number of rotatable bonds is 13. The maximum absolute atomic E-state index is 11.3. The van der Waals surface area contributed by atoms with Gasteiger partial charge in [0.15, 0.2) is 0 Å². The molecule has 0 aliphatic carbocycles. The van der Waals surface area contributed by atoms with Gasteiger partial charge in [0.25, 0.3) is 0 Å². The zero-order valence-electron chi connectivity index (χ0n) is 14.2. The molecule has 0 N–H and O–H groups in total. The molecule has 0 unspecified atom stereocenters. The van der Waals surface area contributed by atoms with Gasteiger partial charge in [0.05, 0.1) is 6.61 Å². The van der Waals surface area contributed by atoms with Gasteiger partial charge in [-0.2, -0.15) is 0 Å². The van der Waals surface area contributed by atoms with Gasteiger partial charge in [0.2, 0.25) is 0 Å². The van der Waals surface area contributed by atoms with Gasteiger partial charge in [0.1, 0.15) is 0 Å². The summed E-state index contributed by atoms with van der Waals surface area (Å²) in [6.45, 7) is 9.30. The second kappa shape index (κ2) is 13.5. The highest BCUT2D eigenvalue weighted by atomic mass is 16.5. The summed E-state index contributed by atoms with van der Waals surface area (Å²) < 4.78 is 5.20. The third-order valence-electron chi connectivity index (χ3n) is 3.51. The predicted molar refractivity (Wildman–Crippen MR) is 86.8 cm³/mol. The van der Waals surface area contributed by atoms with E-state index in [1.54, 1.807) is 0 Å². The largest absolute Gasteiger partial charge is 0.466 e. The highest BCUT2D eigenvalue weighted by Crippen LogP contribution is 2.12. The number of hydrogen-bond acceptors (Lipinski definition) is 2. The van der Waals surface area contributed by atoms with Gasteiger partial charge in [-0.3, -0.25) is 4.79 Å². The minimum absolute atomic E-state index is 0.0369. The summed E-state index contributed by atoms with van der Waals surface area (Å²) in [6, 6.07) is 0. The summed E-state index contributed by atoms with van der Waals surface area (Å²) in [6.07, 6.45) is 12.3. The average molecular weight is 284 g/mol. The van der Waals surface area contributed by atoms with E-state index in [1.165, 1.54) is 51.4 Å². The molecule has 0 fully saturated rings. The van der Waals surface area contributed by atoms with Crippen LogP contribution in [0.5, 0.6) is 0 Å². The Balaban J connectivity index is 3.11. The van der Waals surface area contributed by atoms with Crippen molar-refractivity contribution in [1.29, 1.82) is 0 Å². The predicted octanol–water partition coefficient (Wildman–Crippen LogP) is 5.74. The number of unbranched alkanes of at least 4 members (excludes halogenated alkanes) is 7. The highest BCUT2D eigenvalue weighted by molar-refractivity contribution is 5.69. The lowest BCUT2D eigenvalue weighted by atomic mass is 10.0. The van der Waals surface area contributed by atoms with E-state index in [9.17, 15) is 4.79 Å². The molecule has 0 radical (unpaired) electrons. The van der Waals surface area contributed by atoms with Crippen LogP contribution in [0, 0.1) is 11.8 Å². The van der Waals surface area contributed by atoms with Crippen LogP contribution in [0.15, 0.2) is 0 Å². The Kier molecular flexibility index (Phi) is 13.1. The van der Waals surface area contributed by atoms with Crippen molar-refractivity contribution < 1.29 is 9.53 Å². The van der Waals surface area contributed by atoms with Crippen molar-refractivity contribution in [1.82, 2.24) is 0 Å². The minimum Gasteiger partial charge on any atom is -0.466 e. The van der Waals surface area contributed by atoms with Crippen LogP contribution in [0.4, 0.5) is 0 Å². The van der Waals surface area contributed by atoms with Crippen LogP contribution in [-0.2, 0) is 9.53 Å². The number of carbonyl (C=O) groups is 1. The third-order valence-corrected chi connectivity index (χ3v) is 3.51. The fourth-order valence-electron chi connectivity index (χ4n) is 2.29. The summed E-state index contributed by atoms with van der Waals surface area (Å²) >= 11 is 0. The average Bonchev–Trinajstić information content (AvgIpc) is 2.34. The topological polar surface area (TPSA) is 26.3 Å². The van der Waals surface area contributed by atoms with Gasteiger partial charge in [0, 0.05) is 6.42 Å². The van der Waals surface area contributed by atoms with Crippen LogP contribution < -0.4 is 0 Å². The molecule has 0 rings (SSSR count). The number of carbonyl (C=O) groups excluding carboxylic acids is 1. The minimum atomic E-state index is -0.0369. The van der Waals surface area contributed by atoms with Crippen LogP contribution in [0.2, 0.25) is 0 Å². The number of ether oxygens (including phenoxy) is 1. The van der Waals surface area contributed by atoms with Crippen LogP contribution in [0.1, 0.15) is 91.9 Å². The molecule has 0 atom stereocenters. The molecule has 20 heavy (non-hydrogen) atoms. The van der Waals surface area contributed by atoms with E-state index in [0.717, 1.165) is 12.3 Å². The molecular weight excluding hydrogens is 248 g/mol. The maximum Gasteiger partial charge on any atom is 0.306 e. The van der Waals surface area contributed by atoms with E-state index in [0.29, 0.717) is 18.9 Å². The molecule has 0 aliphatic rings. The summed E-state index contributed by atoms with van der Waals surface area (Å²) in [5.41, 5.74) is 0. The second-order valence-corrected chi connectivity index (χ2v) is 6.83. The van der Waals surface area contributed by atoms with E-state index in [-0.39, 0.29) is 5.97 Å². The first kappa shape index (κ1) is 19.5. The zero-order valence-corrected chi connectivity index (χ0v) is 14.2. The lowest BCUT2D eigenvalue weighted by Crippen LogP contribution is -2.08. The van der Waals surface area contributed by atoms with Gasteiger partial charge < -0.3 is 4.74 Å². The zero-order chi connectivity index (χ0) is 15.2. The van der Waals surface area contributed by atoms with Gasteiger partial charge >= 0.3 is 5.97 Å². The molecule has 0 aromatic rings. The third kappa shape index (κ3) is 15.5. The van der Waals surface area contributed by atoms with Gasteiger partial charge in [-0.05, 0) is 18.3 Å². The molecule has 0 amide bonds. The fourth-order valence-corrected chi connectivity index (χ4v) is 2.29. The molecule has 2 heteroatoms. The smallest absolute Gasteiger partial charge is 0.306 e. The Morgan fingerprint density at radius 2 is 1.25 bits per heavy atom. The first-order valence-electron chi connectivity index (χ1n) is 8.68. The summed E-state index contributed by atoms with van der Waals surface area (Å²) in [4.78, 5) is 11.3. The van der Waals surface area contributed by atoms with Crippen LogP contribution in [0.3, 0.4) is 0 Å². The molecule has 0 saturated heterocycles. The summed E-state index contributed by atoms with van der Waals surface area (Å²) in [5, 5.41) is 0.